The quantitative estimate of drug-likeness (QED) is 0.687. The molecule has 22 heavy (non-hydrogen) atoms. The fraction of sp³-hybridized carbons (Fsp3) is 0.625. The van der Waals surface area contributed by atoms with Crippen molar-refractivity contribution in [2.75, 3.05) is 26.2 Å². The maximum Gasteiger partial charge on any atom is 0.119 e. The van der Waals surface area contributed by atoms with Crippen molar-refractivity contribution in [2.45, 2.75) is 38.6 Å². The normalized spacial score (nSPS) is 16.4. The SMILES string of the molecule is CCCCC[C@@H](c1cc(O)cc(O)c1)N1CCNCC1.Cl.Cl. The molecular formula is C16H28Cl2N2O2. The molecule has 1 aromatic rings. The summed E-state index contributed by atoms with van der Waals surface area (Å²) in [6.45, 7) is 6.27. The summed E-state index contributed by atoms with van der Waals surface area (Å²) in [6, 6.07) is 5.27. The van der Waals surface area contributed by atoms with E-state index in [-0.39, 0.29) is 36.3 Å². The second kappa shape index (κ2) is 10.9. The molecule has 1 fully saturated rings. The molecular weight excluding hydrogens is 323 g/mol. The molecule has 1 atom stereocenters. The van der Waals surface area contributed by atoms with Gasteiger partial charge in [0.2, 0.25) is 0 Å². The van der Waals surface area contributed by atoms with Crippen molar-refractivity contribution >= 4 is 24.8 Å². The van der Waals surface area contributed by atoms with Gasteiger partial charge < -0.3 is 15.5 Å². The lowest BCUT2D eigenvalue weighted by Gasteiger charge is -2.35. The van der Waals surface area contributed by atoms with Gasteiger partial charge in [-0.1, -0.05) is 26.2 Å². The van der Waals surface area contributed by atoms with Crippen LogP contribution in [0.2, 0.25) is 0 Å². The predicted octanol–water partition coefficient (Wildman–Crippen LogP) is 3.47. The van der Waals surface area contributed by atoms with Crippen LogP contribution in [0.3, 0.4) is 0 Å². The van der Waals surface area contributed by atoms with Crippen LogP contribution in [0.25, 0.3) is 0 Å². The van der Waals surface area contributed by atoms with Crippen LogP contribution in [0.4, 0.5) is 0 Å². The van der Waals surface area contributed by atoms with Gasteiger partial charge in [0.1, 0.15) is 11.5 Å². The number of unbranched alkanes of at least 4 members (excludes halogenated alkanes) is 2. The van der Waals surface area contributed by atoms with Crippen LogP contribution in [-0.2, 0) is 0 Å². The highest BCUT2D eigenvalue weighted by Gasteiger charge is 2.22. The Bertz CT molecular complexity index is 406. The number of nitrogens with zero attached hydrogens (tertiary/aromatic N) is 1. The van der Waals surface area contributed by atoms with Gasteiger partial charge in [-0.05, 0) is 24.1 Å². The van der Waals surface area contributed by atoms with Crippen molar-refractivity contribution in [1.29, 1.82) is 0 Å². The maximum absolute atomic E-state index is 9.72. The largest absolute Gasteiger partial charge is 0.508 e. The van der Waals surface area contributed by atoms with E-state index in [1.807, 2.05) is 0 Å². The first kappa shape index (κ1) is 21.3. The zero-order valence-corrected chi connectivity index (χ0v) is 14.8. The lowest BCUT2D eigenvalue weighted by atomic mass is 9.97. The summed E-state index contributed by atoms with van der Waals surface area (Å²) in [5, 5.41) is 22.8. The first-order valence-electron chi connectivity index (χ1n) is 7.68. The van der Waals surface area contributed by atoms with Crippen LogP contribution in [0, 0.1) is 0 Å². The molecule has 1 aliphatic heterocycles. The van der Waals surface area contributed by atoms with Crippen LogP contribution in [0.15, 0.2) is 18.2 Å². The van der Waals surface area contributed by atoms with Gasteiger partial charge in [-0.2, -0.15) is 0 Å². The molecule has 1 aliphatic rings. The third-order valence-electron chi connectivity index (χ3n) is 3.98. The van der Waals surface area contributed by atoms with Gasteiger partial charge in [-0.3, -0.25) is 4.90 Å². The van der Waals surface area contributed by atoms with Crippen molar-refractivity contribution < 1.29 is 10.2 Å². The number of halogens is 2. The average Bonchev–Trinajstić information content (AvgIpc) is 2.43. The Kier molecular flexibility index (Phi) is 10.6. The monoisotopic (exact) mass is 350 g/mol. The summed E-state index contributed by atoms with van der Waals surface area (Å²) in [5.74, 6) is 0.297. The third-order valence-corrected chi connectivity index (χ3v) is 3.98. The summed E-state index contributed by atoms with van der Waals surface area (Å²) in [6.07, 6.45) is 4.70. The van der Waals surface area contributed by atoms with E-state index in [2.05, 4.69) is 17.1 Å². The number of benzene rings is 1. The molecule has 128 valence electrons. The van der Waals surface area contributed by atoms with Gasteiger partial charge in [-0.15, -0.1) is 24.8 Å². The van der Waals surface area contributed by atoms with E-state index in [4.69, 9.17) is 0 Å². The number of hydrogen-bond acceptors (Lipinski definition) is 4. The van der Waals surface area contributed by atoms with Crippen LogP contribution < -0.4 is 5.32 Å². The number of phenolic OH excluding ortho intramolecular Hbond substituents is 2. The van der Waals surface area contributed by atoms with Gasteiger partial charge in [0.15, 0.2) is 0 Å². The number of aromatic hydroxyl groups is 2. The Balaban J connectivity index is 0.00000220. The number of hydrogen-bond donors (Lipinski definition) is 3. The van der Waals surface area contributed by atoms with Gasteiger partial charge in [0.25, 0.3) is 0 Å². The van der Waals surface area contributed by atoms with Crippen molar-refractivity contribution in [2.24, 2.45) is 0 Å². The van der Waals surface area contributed by atoms with E-state index >= 15 is 0 Å². The Morgan fingerprint density at radius 2 is 1.64 bits per heavy atom. The molecule has 1 heterocycles. The van der Waals surface area contributed by atoms with E-state index in [1.54, 1.807) is 12.1 Å². The van der Waals surface area contributed by atoms with Gasteiger partial charge >= 0.3 is 0 Å². The minimum atomic E-state index is 0. The zero-order valence-electron chi connectivity index (χ0n) is 13.1. The second-order valence-electron chi connectivity index (χ2n) is 5.58. The van der Waals surface area contributed by atoms with E-state index in [1.165, 1.54) is 25.3 Å². The number of piperazine rings is 1. The van der Waals surface area contributed by atoms with E-state index < -0.39 is 0 Å². The van der Waals surface area contributed by atoms with Crippen LogP contribution >= 0.6 is 24.8 Å². The lowest BCUT2D eigenvalue weighted by molar-refractivity contribution is 0.162. The molecule has 0 amide bonds. The van der Waals surface area contributed by atoms with Crippen LogP contribution in [0.5, 0.6) is 11.5 Å². The summed E-state index contributed by atoms with van der Waals surface area (Å²) in [4.78, 5) is 2.46. The Hall–Kier alpha value is -0.680. The number of phenols is 2. The molecule has 0 aliphatic carbocycles. The zero-order chi connectivity index (χ0) is 14.4. The van der Waals surface area contributed by atoms with Crippen molar-refractivity contribution in [3.8, 4) is 11.5 Å². The first-order chi connectivity index (χ1) is 9.70. The minimum Gasteiger partial charge on any atom is -0.508 e. The fourth-order valence-corrected chi connectivity index (χ4v) is 2.95. The Labute approximate surface area is 145 Å². The average molecular weight is 351 g/mol. The summed E-state index contributed by atoms with van der Waals surface area (Å²) < 4.78 is 0. The highest BCUT2D eigenvalue weighted by atomic mass is 35.5. The second-order valence-corrected chi connectivity index (χ2v) is 5.58. The maximum atomic E-state index is 9.72. The summed E-state index contributed by atoms with van der Waals surface area (Å²) in [7, 11) is 0. The predicted molar refractivity (Wildman–Crippen MR) is 95.6 cm³/mol. The van der Waals surface area contributed by atoms with E-state index in [0.717, 1.165) is 38.2 Å². The molecule has 0 radical (unpaired) electrons. The molecule has 0 spiro atoms. The van der Waals surface area contributed by atoms with E-state index in [0.29, 0.717) is 6.04 Å². The van der Waals surface area contributed by atoms with Crippen molar-refractivity contribution in [3.05, 3.63) is 23.8 Å². The molecule has 0 unspecified atom stereocenters. The van der Waals surface area contributed by atoms with Crippen LogP contribution in [0.1, 0.15) is 44.2 Å². The molecule has 6 heteroatoms. The molecule has 1 aromatic carbocycles. The molecule has 4 nitrogen and oxygen atoms in total. The molecule has 0 aromatic heterocycles. The minimum absolute atomic E-state index is 0. The highest BCUT2D eigenvalue weighted by Crippen LogP contribution is 2.32. The third kappa shape index (κ3) is 6.21. The fourth-order valence-electron chi connectivity index (χ4n) is 2.95. The Morgan fingerprint density at radius 1 is 1.05 bits per heavy atom. The smallest absolute Gasteiger partial charge is 0.119 e. The standard InChI is InChI=1S/C16H26N2O2.2ClH/c1-2-3-4-5-16(18-8-6-17-7-9-18)13-10-14(19)12-15(20)11-13;;/h10-12,16-17,19-20H,2-9H2,1H3;2*1H/t16-;;/m0../s1. The molecule has 3 N–H and O–H groups in total. The van der Waals surface area contributed by atoms with Gasteiger partial charge in [0.05, 0.1) is 0 Å². The van der Waals surface area contributed by atoms with Crippen LogP contribution in [-0.4, -0.2) is 41.3 Å². The molecule has 1 saturated heterocycles. The highest BCUT2D eigenvalue weighted by molar-refractivity contribution is 5.85. The lowest BCUT2D eigenvalue weighted by Crippen LogP contribution is -2.45. The Morgan fingerprint density at radius 3 is 2.18 bits per heavy atom. The molecule has 0 saturated carbocycles. The summed E-state index contributed by atoms with van der Waals surface area (Å²) in [5.41, 5.74) is 1.03. The van der Waals surface area contributed by atoms with Gasteiger partial charge in [-0.25, -0.2) is 0 Å². The number of rotatable bonds is 6. The molecule has 2 rings (SSSR count). The van der Waals surface area contributed by atoms with Crippen molar-refractivity contribution in [1.82, 2.24) is 10.2 Å². The molecule has 0 bridgehead atoms. The van der Waals surface area contributed by atoms with Gasteiger partial charge in [0, 0.05) is 38.3 Å². The number of nitrogens with one attached hydrogen (secondary N) is 1. The van der Waals surface area contributed by atoms with E-state index in [9.17, 15) is 10.2 Å². The van der Waals surface area contributed by atoms with Crippen molar-refractivity contribution in [3.63, 3.8) is 0 Å². The topological polar surface area (TPSA) is 55.7 Å². The first-order valence-corrected chi connectivity index (χ1v) is 7.68. The summed E-state index contributed by atoms with van der Waals surface area (Å²) >= 11 is 0.